The van der Waals surface area contributed by atoms with Crippen molar-refractivity contribution in [2.24, 2.45) is 5.92 Å². The Balaban J connectivity index is 1.86. The molecule has 3 rings (SSSR count). The van der Waals surface area contributed by atoms with E-state index in [1.54, 1.807) is 0 Å². The minimum absolute atomic E-state index is 0.863. The number of hydrogen-bond donors (Lipinski definition) is 0. The molecule has 0 amide bonds. The van der Waals surface area contributed by atoms with Gasteiger partial charge < -0.3 is 4.57 Å². The molecule has 17 heavy (non-hydrogen) atoms. The molecule has 0 spiro atoms. The van der Waals surface area contributed by atoms with Gasteiger partial charge in [-0.1, -0.05) is 25.3 Å². The average molecular weight is 228 g/mol. The number of benzene rings is 1. The smallest absolute Gasteiger partial charge is 0.0958 e. The van der Waals surface area contributed by atoms with Crippen LogP contribution >= 0.6 is 0 Å². The summed E-state index contributed by atoms with van der Waals surface area (Å²) in [6.07, 6.45) is 9.06. The third kappa shape index (κ3) is 2.21. The Labute approximate surface area is 103 Å². The van der Waals surface area contributed by atoms with E-state index in [9.17, 15) is 0 Å². The van der Waals surface area contributed by atoms with Crippen molar-refractivity contribution in [3.05, 3.63) is 30.1 Å². The lowest BCUT2D eigenvalue weighted by atomic mass is 9.89. The maximum absolute atomic E-state index is 4.49. The van der Waals surface area contributed by atoms with Crippen LogP contribution < -0.4 is 0 Å². The summed E-state index contributed by atoms with van der Waals surface area (Å²) in [7, 11) is 0. The Kier molecular flexibility index (Phi) is 2.87. The maximum atomic E-state index is 4.49. The first-order chi connectivity index (χ1) is 8.33. The predicted octanol–water partition coefficient (Wildman–Crippen LogP) is 3.93. The zero-order valence-electron chi connectivity index (χ0n) is 10.5. The lowest BCUT2D eigenvalue weighted by molar-refractivity contribution is 0.322. The van der Waals surface area contributed by atoms with Crippen LogP contribution in [0.4, 0.5) is 0 Å². The fraction of sp³-hybridized carbons (Fsp3) is 0.533. The summed E-state index contributed by atoms with van der Waals surface area (Å²) in [4.78, 5) is 4.49. The summed E-state index contributed by atoms with van der Waals surface area (Å²) in [5.74, 6) is 0.863. The molecule has 1 fully saturated rings. The van der Waals surface area contributed by atoms with Crippen molar-refractivity contribution in [2.75, 3.05) is 0 Å². The lowest BCUT2D eigenvalue weighted by Gasteiger charge is -2.22. The number of aryl methyl sites for hydroxylation is 1. The molecule has 2 aromatic rings. The molecule has 1 aromatic heterocycles. The van der Waals surface area contributed by atoms with Gasteiger partial charge in [-0.2, -0.15) is 0 Å². The molecular formula is C15H20N2. The fourth-order valence-corrected chi connectivity index (χ4v) is 2.96. The van der Waals surface area contributed by atoms with Crippen molar-refractivity contribution in [1.29, 1.82) is 0 Å². The molecular weight excluding hydrogens is 208 g/mol. The monoisotopic (exact) mass is 228 g/mol. The number of imidazole rings is 1. The number of rotatable bonds is 2. The second-order valence-corrected chi connectivity index (χ2v) is 5.39. The number of aromatic nitrogens is 2. The van der Waals surface area contributed by atoms with Crippen molar-refractivity contribution in [2.45, 2.75) is 45.6 Å². The van der Waals surface area contributed by atoms with Crippen LogP contribution in [-0.4, -0.2) is 9.55 Å². The highest BCUT2D eigenvalue weighted by molar-refractivity contribution is 5.75. The Morgan fingerprint density at radius 1 is 1.24 bits per heavy atom. The number of hydrogen-bond acceptors (Lipinski definition) is 1. The summed E-state index contributed by atoms with van der Waals surface area (Å²) < 4.78 is 2.35. The molecule has 0 aliphatic heterocycles. The molecule has 1 aromatic carbocycles. The molecule has 0 radical (unpaired) electrons. The molecule has 1 saturated carbocycles. The molecule has 2 heteroatoms. The summed E-state index contributed by atoms with van der Waals surface area (Å²) in [6, 6.07) is 6.52. The number of fused-ring (bicyclic) bond motifs is 1. The van der Waals surface area contributed by atoms with Crippen molar-refractivity contribution in [3.8, 4) is 0 Å². The minimum atomic E-state index is 0.863. The third-order valence-corrected chi connectivity index (χ3v) is 3.96. The Bertz CT molecular complexity index is 507. The van der Waals surface area contributed by atoms with Gasteiger partial charge in [0.25, 0.3) is 0 Å². The molecule has 90 valence electrons. The molecule has 1 aliphatic rings. The molecule has 0 saturated heterocycles. The SMILES string of the molecule is Cc1ccc2ncn(CC3CCCCC3)c2c1. The molecule has 1 heterocycles. The third-order valence-electron chi connectivity index (χ3n) is 3.96. The Hall–Kier alpha value is -1.31. The van der Waals surface area contributed by atoms with Gasteiger partial charge in [-0.05, 0) is 43.4 Å². The predicted molar refractivity (Wildman–Crippen MR) is 71.0 cm³/mol. The Morgan fingerprint density at radius 3 is 2.88 bits per heavy atom. The van der Waals surface area contributed by atoms with Crippen molar-refractivity contribution < 1.29 is 0 Å². The average Bonchev–Trinajstić information content (AvgIpc) is 2.73. The lowest BCUT2D eigenvalue weighted by Crippen LogP contribution is -2.13. The van der Waals surface area contributed by atoms with Crippen LogP contribution in [0.2, 0.25) is 0 Å². The summed E-state index contributed by atoms with van der Waals surface area (Å²) >= 11 is 0. The van der Waals surface area contributed by atoms with Crippen LogP contribution in [-0.2, 0) is 6.54 Å². The topological polar surface area (TPSA) is 17.8 Å². The van der Waals surface area contributed by atoms with E-state index in [-0.39, 0.29) is 0 Å². The normalized spacial score (nSPS) is 17.7. The quantitative estimate of drug-likeness (QED) is 0.761. The van der Waals surface area contributed by atoms with E-state index in [0.29, 0.717) is 0 Å². The van der Waals surface area contributed by atoms with Crippen LogP contribution in [0.5, 0.6) is 0 Å². The highest BCUT2D eigenvalue weighted by atomic mass is 15.0. The van der Waals surface area contributed by atoms with Gasteiger partial charge in [-0.3, -0.25) is 0 Å². The summed E-state index contributed by atoms with van der Waals surface area (Å²) in [5, 5.41) is 0. The second-order valence-electron chi connectivity index (χ2n) is 5.39. The Morgan fingerprint density at radius 2 is 2.06 bits per heavy atom. The molecule has 2 nitrogen and oxygen atoms in total. The standard InChI is InChI=1S/C15H20N2/c1-12-7-8-14-15(9-12)17(11-16-14)10-13-5-3-2-4-6-13/h7-9,11,13H,2-6,10H2,1H3. The number of nitrogens with zero attached hydrogens (tertiary/aromatic N) is 2. The summed E-state index contributed by atoms with van der Waals surface area (Å²) in [5.41, 5.74) is 3.75. The van der Waals surface area contributed by atoms with Crippen LogP contribution in [0.25, 0.3) is 11.0 Å². The van der Waals surface area contributed by atoms with Gasteiger partial charge in [0.15, 0.2) is 0 Å². The van der Waals surface area contributed by atoms with Crippen molar-refractivity contribution in [1.82, 2.24) is 9.55 Å². The van der Waals surface area contributed by atoms with Crippen LogP contribution in [0.15, 0.2) is 24.5 Å². The van der Waals surface area contributed by atoms with Crippen LogP contribution in [0, 0.1) is 12.8 Å². The maximum Gasteiger partial charge on any atom is 0.0958 e. The first-order valence-corrected chi connectivity index (χ1v) is 6.74. The first kappa shape index (κ1) is 10.8. The van der Waals surface area contributed by atoms with Crippen LogP contribution in [0.1, 0.15) is 37.7 Å². The fourth-order valence-electron chi connectivity index (χ4n) is 2.96. The molecule has 1 aliphatic carbocycles. The van der Waals surface area contributed by atoms with Gasteiger partial charge in [0, 0.05) is 6.54 Å². The zero-order chi connectivity index (χ0) is 11.7. The largest absolute Gasteiger partial charge is 0.330 e. The van der Waals surface area contributed by atoms with Gasteiger partial charge in [-0.15, -0.1) is 0 Å². The van der Waals surface area contributed by atoms with Gasteiger partial charge in [0.05, 0.1) is 17.4 Å². The van der Waals surface area contributed by atoms with E-state index in [0.717, 1.165) is 18.0 Å². The molecule has 0 N–H and O–H groups in total. The zero-order valence-corrected chi connectivity index (χ0v) is 10.5. The van der Waals surface area contributed by atoms with E-state index in [2.05, 4.69) is 34.7 Å². The van der Waals surface area contributed by atoms with E-state index in [1.165, 1.54) is 43.2 Å². The molecule has 0 atom stereocenters. The second kappa shape index (κ2) is 4.52. The van der Waals surface area contributed by atoms with Gasteiger partial charge in [-0.25, -0.2) is 4.98 Å². The molecule has 0 bridgehead atoms. The van der Waals surface area contributed by atoms with E-state index < -0.39 is 0 Å². The minimum Gasteiger partial charge on any atom is -0.330 e. The van der Waals surface area contributed by atoms with Gasteiger partial charge >= 0.3 is 0 Å². The van der Waals surface area contributed by atoms with Gasteiger partial charge in [0.1, 0.15) is 0 Å². The van der Waals surface area contributed by atoms with E-state index >= 15 is 0 Å². The van der Waals surface area contributed by atoms with Crippen molar-refractivity contribution >= 4 is 11.0 Å². The summed E-state index contributed by atoms with van der Waals surface area (Å²) in [6.45, 7) is 3.30. The first-order valence-electron chi connectivity index (χ1n) is 6.74. The van der Waals surface area contributed by atoms with E-state index in [4.69, 9.17) is 0 Å². The van der Waals surface area contributed by atoms with Crippen molar-refractivity contribution in [3.63, 3.8) is 0 Å². The highest BCUT2D eigenvalue weighted by Crippen LogP contribution is 2.26. The highest BCUT2D eigenvalue weighted by Gasteiger charge is 2.14. The van der Waals surface area contributed by atoms with Crippen LogP contribution in [0.3, 0.4) is 0 Å². The van der Waals surface area contributed by atoms with Gasteiger partial charge in [0.2, 0.25) is 0 Å². The van der Waals surface area contributed by atoms with E-state index in [1.807, 2.05) is 6.33 Å². The molecule has 0 unspecified atom stereocenters.